The standard InChI is InChI=1S/C8H19N.Pt/c1-2-3-4-5-6-7-8-9;/h2-9H2,1H3;/q;+2. The molecule has 0 rings (SSSR count). The fourth-order valence-corrected chi connectivity index (χ4v) is 0.925. The number of nitrogens with two attached hydrogens (primary N) is 1. The maximum absolute atomic E-state index is 5.34. The van der Waals surface area contributed by atoms with Crippen molar-refractivity contribution in [2.24, 2.45) is 5.73 Å². The van der Waals surface area contributed by atoms with Gasteiger partial charge in [0, 0.05) is 0 Å². The molecule has 0 aliphatic heterocycles. The maximum atomic E-state index is 5.34. The summed E-state index contributed by atoms with van der Waals surface area (Å²) in [7, 11) is 0. The Labute approximate surface area is 79.0 Å². The second-order valence-corrected chi connectivity index (χ2v) is 2.56. The quantitative estimate of drug-likeness (QED) is 0.746. The van der Waals surface area contributed by atoms with Crippen molar-refractivity contribution in [3.05, 3.63) is 0 Å². The molecule has 2 N–H and O–H groups in total. The van der Waals surface area contributed by atoms with Crippen LogP contribution in [0.15, 0.2) is 0 Å². The van der Waals surface area contributed by atoms with E-state index < -0.39 is 0 Å². The Hall–Kier alpha value is 0.648. The average molecular weight is 324 g/mol. The number of rotatable bonds is 6. The van der Waals surface area contributed by atoms with E-state index in [9.17, 15) is 0 Å². The van der Waals surface area contributed by atoms with Crippen molar-refractivity contribution in [3.63, 3.8) is 0 Å². The molecule has 0 spiro atoms. The van der Waals surface area contributed by atoms with E-state index >= 15 is 0 Å². The summed E-state index contributed by atoms with van der Waals surface area (Å²) < 4.78 is 0. The summed E-state index contributed by atoms with van der Waals surface area (Å²) in [6.45, 7) is 3.11. The summed E-state index contributed by atoms with van der Waals surface area (Å²) in [6, 6.07) is 0. The monoisotopic (exact) mass is 324 g/mol. The van der Waals surface area contributed by atoms with Crippen LogP contribution in [-0.2, 0) is 21.1 Å². The summed E-state index contributed by atoms with van der Waals surface area (Å²) in [6.07, 6.45) is 8.05. The van der Waals surface area contributed by atoms with Crippen molar-refractivity contribution in [3.8, 4) is 0 Å². The van der Waals surface area contributed by atoms with E-state index in [0.29, 0.717) is 0 Å². The number of hydrogen-bond donors (Lipinski definition) is 1. The average Bonchev–Trinajstić information content (AvgIpc) is 1.89. The predicted molar refractivity (Wildman–Crippen MR) is 42.4 cm³/mol. The smallest absolute Gasteiger partial charge is 0.330 e. The fourth-order valence-electron chi connectivity index (χ4n) is 0.925. The first-order valence-electron chi connectivity index (χ1n) is 4.12. The molecule has 0 radical (unpaired) electrons. The molecule has 0 bridgehead atoms. The van der Waals surface area contributed by atoms with Crippen molar-refractivity contribution in [1.29, 1.82) is 0 Å². The van der Waals surface area contributed by atoms with Gasteiger partial charge in [0.1, 0.15) is 0 Å². The Kier molecular flexibility index (Phi) is 16.3. The third-order valence-corrected chi connectivity index (χ3v) is 1.56. The molecule has 0 fully saturated rings. The Balaban J connectivity index is 0. The molecule has 0 saturated heterocycles. The summed E-state index contributed by atoms with van der Waals surface area (Å²) in [5.41, 5.74) is 5.34. The van der Waals surface area contributed by atoms with Crippen LogP contribution in [0.2, 0.25) is 0 Å². The molecular formula is C8H19NPt+2. The zero-order chi connectivity index (χ0) is 6.95. The van der Waals surface area contributed by atoms with Crippen LogP contribution in [0.5, 0.6) is 0 Å². The third kappa shape index (κ3) is 11.4. The normalized spacial score (nSPS) is 9.00. The van der Waals surface area contributed by atoms with Gasteiger partial charge in [-0.15, -0.1) is 0 Å². The first-order chi connectivity index (χ1) is 4.41. The molecule has 1 nitrogen and oxygen atoms in total. The second kappa shape index (κ2) is 12.3. The molecule has 0 aromatic carbocycles. The minimum absolute atomic E-state index is 0. The molecule has 0 aliphatic carbocycles. The largest absolute Gasteiger partial charge is 2.00 e. The number of hydrogen-bond acceptors (Lipinski definition) is 1. The Bertz CT molecular complexity index is 42.5. The van der Waals surface area contributed by atoms with Crippen LogP contribution in [0.3, 0.4) is 0 Å². The minimum Gasteiger partial charge on any atom is -0.330 e. The van der Waals surface area contributed by atoms with E-state index in [4.69, 9.17) is 5.73 Å². The molecule has 0 aromatic rings. The topological polar surface area (TPSA) is 26.0 Å². The molecule has 10 heavy (non-hydrogen) atoms. The summed E-state index contributed by atoms with van der Waals surface area (Å²) in [4.78, 5) is 0. The molecule has 0 amide bonds. The van der Waals surface area contributed by atoms with Crippen LogP contribution >= 0.6 is 0 Å². The first-order valence-corrected chi connectivity index (χ1v) is 4.12. The summed E-state index contributed by atoms with van der Waals surface area (Å²) in [5.74, 6) is 0. The van der Waals surface area contributed by atoms with Crippen molar-refractivity contribution >= 4 is 0 Å². The minimum atomic E-state index is 0. The van der Waals surface area contributed by atoms with E-state index in [1.807, 2.05) is 0 Å². The number of unbranched alkanes of at least 4 members (excludes halogenated alkanes) is 5. The van der Waals surface area contributed by atoms with Crippen LogP contribution < -0.4 is 5.73 Å². The van der Waals surface area contributed by atoms with Gasteiger partial charge in [0.15, 0.2) is 0 Å². The SMILES string of the molecule is CCCCCCCCN.[Pt+2]. The Morgan fingerprint density at radius 1 is 0.900 bits per heavy atom. The molecule has 0 atom stereocenters. The molecular weight excluding hydrogens is 305 g/mol. The first kappa shape index (κ1) is 13.3. The zero-order valence-corrected chi connectivity index (χ0v) is 9.12. The van der Waals surface area contributed by atoms with Crippen molar-refractivity contribution in [1.82, 2.24) is 0 Å². The van der Waals surface area contributed by atoms with Gasteiger partial charge in [0.05, 0.1) is 0 Å². The Morgan fingerprint density at radius 2 is 1.40 bits per heavy atom. The molecule has 64 valence electrons. The zero-order valence-electron chi connectivity index (χ0n) is 6.84. The summed E-state index contributed by atoms with van der Waals surface area (Å²) in [5, 5.41) is 0. The maximum Gasteiger partial charge on any atom is 2.00 e. The van der Waals surface area contributed by atoms with E-state index in [2.05, 4.69) is 6.92 Å². The van der Waals surface area contributed by atoms with E-state index in [-0.39, 0.29) is 21.1 Å². The van der Waals surface area contributed by atoms with E-state index in [1.54, 1.807) is 0 Å². The van der Waals surface area contributed by atoms with Gasteiger partial charge in [0.2, 0.25) is 0 Å². The second-order valence-electron chi connectivity index (χ2n) is 2.56. The third-order valence-electron chi connectivity index (χ3n) is 1.56. The molecule has 2 heteroatoms. The molecule has 0 aromatic heterocycles. The van der Waals surface area contributed by atoms with Gasteiger partial charge in [-0.3, -0.25) is 0 Å². The molecule has 0 aliphatic rings. The Morgan fingerprint density at radius 3 is 1.90 bits per heavy atom. The molecule has 0 heterocycles. The van der Waals surface area contributed by atoms with Crippen LogP contribution in [0.4, 0.5) is 0 Å². The van der Waals surface area contributed by atoms with E-state index in [1.165, 1.54) is 38.5 Å². The van der Waals surface area contributed by atoms with Gasteiger partial charge in [-0.25, -0.2) is 0 Å². The van der Waals surface area contributed by atoms with Gasteiger partial charge in [0.25, 0.3) is 0 Å². The van der Waals surface area contributed by atoms with Crippen molar-refractivity contribution in [2.75, 3.05) is 6.54 Å². The predicted octanol–water partition coefficient (Wildman–Crippen LogP) is 2.30. The van der Waals surface area contributed by atoms with Crippen molar-refractivity contribution < 1.29 is 21.1 Å². The fraction of sp³-hybridized carbons (Fsp3) is 1.00. The van der Waals surface area contributed by atoms with Crippen LogP contribution in [0, 0.1) is 0 Å². The van der Waals surface area contributed by atoms with Crippen LogP contribution in [-0.4, -0.2) is 6.54 Å². The van der Waals surface area contributed by atoms with Gasteiger partial charge < -0.3 is 5.73 Å². The van der Waals surface area contributed by atoms with Crippen LogP contribution in [0.25, 0.3) is 0 Å². The van der Waals surface area contributed by atoms with Gasteiger partial charge in [-0.2, -0.15) is 0 Å². The van der Waals surface area contributed by atoms with Crippen molar-refractivity contribution in [2.45, 2.75) is 45.4 Å². The van der Waals surface area contributed by atoms with Gasteiger partial charge >= 0.3 is 21.1 Å². The molecule has 0 unspecified atom stereocenters. The van der Waals surface area contributed by atoms with E-state index in [0.717, 1.165) is 6.54 Å². The van der Waals surface area contributed by atoms with Gasteiger partial charge in [-0.1, -0.05) is 39.0 Å². The summed E-state index contributed by atoms with van der Waals surface area (Å²) >= 11 is 0. The molecule has 0 saturated carbocycles. The van der Waals surface area contributed by atoms with Crippen LogP contribution in [0.1, 0.15) is 45.4 Å². The van der Waals surface area contributed by atoms with Gasteiger partial charge in [-0.05, 0) is 13.0 Å².